The Kier molecular flexibility index (Phi) is 4.79. The van der Waals surface area contributed by atoms with Gasteiger partial charge in [0.15, 0.2) is 0 Å². The molecule has 146 valence electrons. The van der Waals surface area contributed by atoms with Gasteiger partial charge in [0.25, 0.3) is 11.5 Å². The summed E-state index contributed by atoms with van der Waals surface area (Å²) in [6.07, 6.45) is 4.05. The van der Waals surface area contributed by atoms with Gasteiger partial charge >= 0.3 is 0 Å². The van der Waals surface area contributed by atoms with Gasteiger partial charge < -0.3 is 10.3 Å². The molecule has 0 aliphatic heterocycles. The van der Waals surface area contributed by atoms with Crippen LogP contribution in [-0.4, -0.2) is 20.7 Å². The van der Waals surface area contributed by atoms with E-state index >= 15 is 0 Å². The number of nitrogens with zero attached hydrogens (tertiary/aromatic N) is 2. The van der Waals surface area contributed by atoms with Crippen molar-refractivity contribution in [3.05, 3.63) is 62.2 Å². The number of aromatic nitrogens is 3. The highest BCUT2D eigenvalue weighted by atomic mass is 16.2. The molecule has 4 rings (SSSR count). The molecule has 0 unspecified atom stereocenters. The lowest BCUT2D eigenvalue weighted by atomic mass is 9.95. The van der Waals surface area contributed by atoms with Crippen molar-refractivity contribution in [1.29, 1.82) is 0 Å². The molecule has 2 aromatic heterocycles. The maximum atomic E-state index is 12.9. The molecule has 1 aromatic carbocycles. The van der Waals surface area contributed by atoms with Gasteiger partial charge in [0.2, 0.25) is 0 Å². The van der Waals surface area contributed by atoms with E-state index in [1.807, 2.05) is 39.0 Å². The minimum Gasteiger partial charge on any atom is -0.346 e. The highest BCUT2D eigenvalue weighted by Crippen LogP contribution is 2.24. The molecule has 0 fully saturated rings. The first-order chi connectivity index (χ1) is 13.5. The molecule has 0 atom stereocenters. The normalized spacial score (nSPS) is 13.5. The molecule has 1 aliphatic carbocycles. The van der Waals surface area contributed by atoms with Gasteiger partial charge in [-0.2, -0.15) is 5.10 Å². The Balaban J connectivity index is 1.61. The second kappa shape index (κ2) is 7.26. The van der Waals surface area contributed by atoms with Crippen molar-refractivity contribution < 1.29 is 4.79 Å². The number of pyridine rings is 1. The second-order valence-electron chi connectivity index (χ2n) is 7.57. The van der Waals surface area contributed by atoms with Crippen LogP contribution in [0.4, 0.5) is 0 Å². The molecule has 2 heterocycles. The number of hydrogen-bond donors (Lipinski definition) is 2. The van der Waals surface area contributed by atoms with Gasteiger partial charge in [-0.25, -0.2) is 0 Å². The van der Waals surface area contributed by atoms with E-state index in [-0.39, 0.29) is 18.0 Å². The second-order valence-corrected chi connectivity index (χ2v) is 7.57. The standard InChI is InChI=1S/C22H26N4O2/c1-4-26-20(17-7-5-6-8-18(17)25-26)22(28)23-12-16-11-15-10-9-13(2)14(3)19(15)24-21(16)27/h9-11H,4-8,12H2,1-3H3,(H,23,28)(H,24,27). The average molecular weight is 378 g/mol. The zero-order chi connectivity index (χ0) is 19.8. The lowest BCUT2D eigenvalue weighted by molar-refractivity contribution is 0.0939. The number of aryl methyl sites for hydroxylation is 4. The Morgan fingerprint density at radius 1 is 1.25 bits per heavy atom. The molecule has 0 saturated heterocycles. The summed E-state index contributed by atoms with van der Waals surface area (Å²) in [5, 5.41) is 8.52. The topological polar surface area (TPSA) is 79.8 Å². The van der Waals surface area contributed by atoms with E-state index in [4.69, 9.17) is 0 Å². The van der Waals surface area contributed by atoms with Crippen molar-refractivity contribution in [2.24, 2.45) is 0 Å². The third-order valence-corrected chi connectivity index (χ3v) is 5.81. The Hall–Kier alpha value is -2.89. The molecule has 1 amide bonds. The maximum absolute atomic E-state index is 12.9. The van der Waals surface area contributed by atoms with Crippen LogP contribution in [0.5, 0.6) is 0 Å². The highest BCUT2D eigenvalue weighted by molar-refractivity contribution is 5.94. The fourth-order valence-corrected chi connectivity index (χ4v) is 4.05. The fourth-order valence-electron chi connectivity index (χ4n) is 4.05. The number of benzene rings is 1. The first-order valence-corrected chi connectivity index (χ1v) is 9.98. The third kappa shape index (κ3) is 3.13. The summed E-state index contributed by atoms with van der Waals surface area (Å²) >= 11 is 0. The largest absolute Gasteiger partial charge is 0.346 e. The van der Waals surface area contributed by atoms with Gasteiger partial charge in [0.05, 0.1) is 11.2 Å². The van der Waals surface area contributed by atoms with E-state index in [1.54, 1.807) is 4.68 Å². The SMILES string of the molecule is CCn1nc2c(c1C(=O)NCc1cc3ccc(C)c(C)c3[nH]c1=O)CCCC2. The van der Waals surface area contributed by atoms with E-state index in [1.165, 1.54) is 0 Å². The highest BCUT2D eigenvalue weighted by Gasteiger charge is 2.24. The number of carbonyl (C=O) groups excluding carboxylic acids is 1. The van der Waals surface area contributed by atoms with Crippen LogP contribution in [0, 0.1) is 13.8 Å². The lowest BCUT2D eigenvalue weighted by Gasteiger charge is -2.12. The summed E-state index contributed by atoms with van der Waals surface area (Å²) in [4.78, 5) is 28.4. The quantitative estimate of drug-likeness (QED) is 0.732. The van der Waals surface area contributed by atoms with E-state index < -0.39 is 0 Å². The maximum Gasteiger partial charge on any atom is 0.270 e. The van der Waals surface area contributed by atoms with Crippen molar-refractivity contribution in [3.63, 3.8) is 0 Å². The molecular formula is C22H26N4O2. The summed E-state index contributed by atoms with van der Waals surface area (Å²) < 4.78 is 1.79. The smallest absolute Gasteiger partial charge is 0.270 e. The lowest BCUT2D eigenvalue weighted by Crippen LogP contribution is -2.29. The zero-order valence-corrected chi connectivity index (χ0v) is 16.7. The van der Waals surface area contributed by atoms with E-state index in [0.29, 0.717) is 17.8 Å². The molecule has 0 spiro atoms. The van der Waals surface area contributed by atoms with Crippen molar-refractivity contribution in [2.75, 3.05) is 0 Å². The summed E-state index contributed by atoms with van der Waals surface area (Å²) in [6.45, 7) is 6.88. The Bertz CT molecular complexity index is 1120. The van der Waals surface area contributed by atoms with Gasteiger partial charge in [-0.3, -0.25) is 14.3 Å². The van der Waals surface area contributed by atoms with Crippen molar-refractivity contribution in [1.82, 2.24) is 20.1 Å². The minimum atomic E-state index is -0.160. The molecule has 28 heavy (non-hydrogen) atoms. The van der Waals surface area contributed by atoms with Gasteiger partial charge in [-0.15, -0.1) is 0 Å². The number of H-pyrrole nitrogens is 1. The molecule has 6 nitrogen and oxygen atoms in total. The van der Waals surface area contributed by atoms with Crippen LogP contribution in [0.25, 0.3) is 10.9 Å². The molecular weight excluding hydrogens is 352 g/mol. The zero-order valence-electron chi connectivity index (χ0n) is 16.7. The summed E-state index contributed by atoms with van der Waals surface area (Å²) in [6, 6.07) is 5.92. The third-order valence-electron chi connectivity index (χ3n) is 5.81. The van der Waals surface area contributed by atoms with Gasteiger partial charge in [0, 0.05) is 24.2 Å². The van der Waals surface area contributed by atoms with Gasteiger partial charge in [-0.05, 0) is 69.0 Å². The van der Waals surface area contributed by atoms with Crippen LogP contribution in [-0.2, 0) is 25.9 Å². The fraction of sp³-hybridized carbons (Fsp3) is 0.409. The summed E-state index contributed by atoms with van der Waals surface area (Å²) in [7, 11) is 0. The number of rotatable bonds is 4. The first kappa shape index (κ1) is 18.5. The van der Waals surface area contributed by atoms with Crippen molar-refractivity contribution in [3.8, 4) is 0 Å². The summed E-state index contributed by atoms with van der Waals surface area (Å²) in [5.74, 6) is -0.155. The predicted octanol–water partition coefficient (Wildman–Crippen LogP) is 3.17. The van der Waals surface area contributed by atoms with Crippen LogP contribution in [0.1, 0.15) is 58.2 Å². The number of amides is 1. The van der Waals surface area contributed by atoms with Crippen molar-refractivity contribution >= 4 is 16.8 Å². The van der Waals surface area contributed by atoms with Crippen LogP contribution in [0.3, 0.4) is 0 Å². The van der Waals surface area contributed by atoms with E-state index in [2.05, 4.69) is 15.4 Å². The van der Waals surface area contributed by atoms with Crippen LogP contribution in [0.15, 0.2) is 23.0 Å². The first-order valence-electron chi connectivity index (χ1n) is 9.98. The minimum absolute atomic E-state index is 0.155. The summed E-state index contributed by atoms with van der Waals surface area (Å²) in [5.41, 5.74) is 6.24. The Labute approximate surface area is 164 Å². The molecule has 2 N–H and O–H groups in total. The monoisotopic (exact) mass is 378 g/mol. The van der Waals surface area contributed by atoms with Crippen LogP contribution < -0.4 is 10.9 Å². The molecule has 6 heteroatoms. The average Bonchev–Trinajstić information content (AvgIpc) is 3.08. The van der Waals surface area contributed by atoms with E-state index in [0.717, 1.165) is 59.0 Å². The number of fused-ring (bicyclic) bond motifs is 2. The van der Waals surface area contributed by atoms with Crippen LogP contribution >= 0.6 is 0 Å². The number of nitrogens with one attached hydrogen (secondary N) is 2. The molecule has 0 radical (unpaired) electrons. The number of carbonyl (C=O) groups is 1. The van der Waals surface area contributed by atoms with Gasteiger partial charge in [-0.1, -0.05) is 12.1 Å². The van der Waals surface area contributed by atoms with Gasteiger partial charge in [0.1, 0.15) is 5.69 Å². The van der Waals surface area contributed by atoms with Crippen LogP contribution in [0.2, 0.25) is 0 Å². The molecule has 0 saturated carbocycles. The Morgan fingerprint density at radius 3 is 2.82 bits per heavy atom. The molecule has 1 aliphatic rings. The number of aromatic amines is 1. The Morgan fingerprint density at radius 2 is 2.04 bits per heavy atom. The molecule has 0 bridgehead atoms. The number of hydrogen-bond acceptors (Lipinski definition) is 3. The predicted molar refractivity (Wildman–Crippen MR) is 110 cm³/mol. The van der Waals surface area contributed by atoms with E-state index in [9.17, 15) is 9.59 Å². The van der Waals surface area contributed by atoms with Crippen molar-refractivity contribution in [2.45, 2.75) is 59.5 Å². The molecule has 3 aromatic rings.